The van der Waals surface area contributed by atoms with E-state index in [1.807, 2.05) is 0 Å². The van der Waals surface area contributed by atoms with Gasteiger partial charge in [-0.25, -0.2) is 9.97 Å². The lowest BCUT2D eigenvalue weighted by molar-refractivity contribution is -0.108. The lowest BCUT2D eigenvalue weighted by Crippen LogP contribution is -2.46. The molecule has 1 unspecified atom stereocenters. The summed E-state index contributed by atoms with van der Waals surface area (Å²) in [5.41, 5.74) is 1.28. The minimum atomic E-state index is 0.219. The van der Waals surface area contributed by atoms with Gasteiger partial charge in [0.15, 0.2) is 0 Å². The standard InChI is InChI=1S/C21H27N3O3S/c25-10-7-14-1-6-17-18(14)19-20(22-13-23-21(19)28-17)27-16-4-2-15(3-5-16)24-8-11-26-12-9-24/h10,13-16H,1-9,11-12H2. The molecule has 0 bridgehead atoms. The Labute approximate surface area is 169 Å². The molecular weight excluding hydrogens is 374 g/mol. The fourth-order valence-electron chi connectivity index (χ4n) is 5.11. The van der Waals surface area contributed by atoms with Crippen molar-refractivity contribution >= 4 is 27.8 Å². The molecular formula is C21H27N3O3S. The van der Waals surface area contributed by atoms with Crippen molar-refractivity contribution in [3.63, 3.8) is 0 Å². The Morgan fingerprint density at radius 2 is 2.00 bits per heavy atom. The fraction of sp³-hybridized carbons (Fsp3) is 0.667. The van der Waals surface area contributed by atoms with Gasteiger partial charge in [-0.3, -0.25) is 4.90 Å². The van der Waals surface area contributed by atoms with Crippen molar-refractivity contribution in [2.24, 2.45) is 0 Å². The summed E-state index contributed by atoms with van der Waals surface area (Å²) in [6.45, 7) is 3.84. The second-order valence-electron chi connectivity index (χ2n) is 8.13. The molecule has 0 amide bonds. The Hall–Kier alpha value is -1.57. The van der Waals surface area contributed by atoms with Crippen molar-refractivity contribution in [3.05, 3.63) is 16.8 Å². The monoisotopic (exact) mass is 401 g/mol. The number of carbonyl (C=O) groups excluding carboxylic acids is 1. The van der Waals surface area contributed by atoms with Gasteiger partial charge in [-0.05, 0) is 50.0 Å². The number of rotatable bonds is 5. The van der Waals surface area contributed by atoms with Gasteiger partial charge in [0.25, 0.3) is 0 Å². The molecule has 0 N–H and O–H groups in total. The van der Waals surface area contributed by atoms with Crippen LogP contribution in [0, 0.1) is 0 Å². The number of thiophene rings is 1. The van der Waals surface area contributed by atoms with Crippen LogP contribution < -0.4 is 4.74 Å². The van der Waals surface area contributed by atoms with Crippen LogP contribution in [-0.2, 0) is 16.0 Å². The number of aldehydes is 1. The fourth-order valence-corrected chi connectivity index (χ4v) is 6.34. The summed E-state index contributed by atoms with van der Waals surface area (Å²) in [5, 5.41) is 1.07. The van der Waals surface area contributed by atoms with Gasteiger partial charge in [-0.1, -0.05) is 0 Å². The molecule has 3 aliphatic rings. The molecule has 5 rings (SSSR count). The molecule has 2 aromatic heterocycles. The number of morpholine rings is 1. The molecule has 150 valence electrons. The molecule has 2 aliphatic carbocycles. The first-order chi connectivity index (χ1) is 13.8. The van der Waals surface area contributed by atoms with Crippen LogP contribution in [0.5, 0.6) is 5.88 Å². The predicted molar refractivity (Wildman–Crippen MR) is 108 cm³/mol. The zero-order valence-corrected chi connectivity index (χ0v) is 17.0. The van der Waals surface area contributed by atoms with Gasteiger partial charge in [0.1, 0.15) is 23.5 Å². The third-order valence-corrected chi connectivity index (χ3v) is 7.73. The highest BCUT2D eigenvalue weighted by Crippen LogP contribution is 2.47. The highest BCUT2D eigenvalue weighted by molar-refractivity contribution is 7.19. The van der Waals surface area contributed by atoms with E-state index in [0.717, 1.165) is 74.4 Å². The Balaban J connectivity index is 1.31. The molecule has 0 radical (unpaired) electrons. The molecule has 7 heteroatoms. The first kappa shape index (κ1) is 18.5. The summed E-state index contributed by atoms with van der Waals surface area (Å²) >= 11 is 1.75. The van der Waals surface area contributed by atoms with Crippen molar-refractivity contribution in [1.29, 1.82) is 0 Å². The minimum Gasteiger partial charge on any atom is -0.474 e. The molecule has 6 nitrogen and oxygen atoms in total. The quantitative estimate of drug-likeness (QED) is 0.716. The number of nitrogens with zero attached hydrogens (tertiary/aromatic N) is 3. The first-order valence-corrected chi connectivity index (χ1v) is 11.3. The summed E-state index contributed by atoms with van der Waals surface area (Å²) in [4.78, 5) is 25.1. The minimum absolute atomic E-state index is 0.219. The highest BCUT2D eigenvalue weighted by atomic mass is 32.1. The van der Waals surface area contributed by atoms with E-state index in [2.05, 4.69) is 14.9 Å². The molecule has 0 spiro atoms. The van der Waals surface area contributed by atoms with Gasteiger partial charge in [-0.15, -0.1) is 11.3 Å². The first-order valence-electron chi connectivity index (χ1n) is 10.5. The summed E-state index contributed by atoms with van der Waals surface area (Å²) in [6, 6.07) is 0.663. The van der Waals surface area contributed by atoms with Crippen LogP contribution in [0.15, 0.2) is 6.33 Å². The number of hydrogen-bond acceptors (Lipinski definition) is 7. The normalized spacial score (nSPS) is 28.4. The average Bonchev–Trinajstić information content (AvgIpc) is 3.30. The zero-order valence-electron chi connectivity index (χ0n) is 16.1. The Morgan fingerprint density at radius 3 is 2.79 bits per heavy atom. The van der Waals surface area contributed by atoms with Crippen LogP contribution in [-0.4, -0.2) is 59.6 Å². The van der Waals surface area contributed by atoms with Gasteiger partial charge in [-0.2, -0.15) is 0 Å². The van der Waals surface area contributed by atoms with E-state index in [0.29, 0.717) is 18.4 Å². The van der Waals surface area contributed by atoms with Crippen molar-refractivity contribution in [1.82, 2.24) is 14.9 Å². The van der Waals surface area contributed by atoms with Crippen LogP contribution in [0.25, 0.3) is 10.2 Å². The van der Waals surface area contributed by atoms with Crippen molar-refractivity contribution in [2.75, 3.05) is 26.3 Å². The SMILES string of the molecule is O=CCC1CCc2sc3ncnc(OC4CCC(N5CCOCC5)CC4)c3c21. The summed E-state index contributed by atoms with van der Waals surface area (Å²) in [7, 11) is 0. The van der Waals surface area contributed by atoms with Gasteiger partial charge >= 0.3 is 0 Å². The van der Waals surface area contributed by atoms with Crippen LogP contribution in [0.1, 0.15) is 54.9 Å². The van der Waals surface area contributed by atoms with Gasteiger partial charge < -0.3 is 14.3 Å². The van der Waals surface area contributed by atoms with Crippen molar-refractivity contribution < 1.29 is 14.3 Å². The summed E-state index contributed by atoms with van der Waals surface area (Å²) in [5.74, 6) is 1.03. The molecule has 1 saturated heterocycles. The number of carbonyl (C=O) groups is 1. The molecule has 28 heavy (non-hydrogen) atoms. The topological polar surface area (TPSA) is 64.5 Å². The van der Waals surface area contributed by atoms with Crippen molar-refractivity contribution in [2.45, 2.75) is 63.0 Å². The maximum absolute atomic E-state index is 11.1. The molecule has 2 aromatic rings. The lowest BCUT2D eigenvalue weighted by atomic mass is 9.91. The highest BCUT2D eigenvalue weighted by Gasteiger charge is 2.32. The van der Waals surface area contributed by atoms with Gasteiger partial charge in [0.2, 0.25) is 5.88 Å². The molecule has 1 aliphatic heterocycles. The largest absolute Gasteiger partial charge is 0.474 e. The number of hydrogen-bond donors (Lipinski definition) is 0. The molecule has 1 atom stereocenters. The number of aryl methyl sites for hydroxylation is 1. The smallest absolute Gasteiger partial charge is 0.225 e. The average molecular weight is 402 g/mol. The molecule has 1 saturated carbocycles. The summed E-state index contributed by atoms with van der Waals surface area (Å²) in [6.07, 6.45) is 10.0. The van der Waals surface area contributed by atoms with E-state index < -0.39 is 0 Å². The molecule has 2 fully saturated rings. The molecule has 0 aromatic carbocycles. The van der Waals surface area contributed by atoms with Crippen molar-refractivity contribution in [3.8, 4) is 5.88 Å². The second-order valence-corrected chi connectivity index (χ2v) is 9.22. The van der Waals surface area contributed by atoms with Crippen LogP contribution in [0.3, 0.4) is 0 Å². The van der Waals surface area contributed by atoms with E-state index in [9.17, 15) is 4.79 Å². The number of ether oxygens (including phenoxy) is 2. The van der Waals surface area contributed by atoms with Gasteiger partial charge in [0, 0.05) is 30.4 Å². The third kappa shape index (κ3) is 3.44. The Morgan fingerprint density at radius 1 is 1.18 bits per heavy atom. The second kappa shape index (κ2) is 8.05. The third-order valence-electron chi connectivity index (χ3n) is 6.56. The number of aromatic nitrogens is 2. The maximum atomic E-state index is 11.1. The van der Waals surface area contributed by atoms with Crippen LogP contribution >= 0.6 is 11.3 Å². The van der Waals surface area contributed by atoms with Crippen LogP contribution in [0.4, 0.5) is 0 Å². The number of fused-ring (bicyclic) bond motifs is 3. The van der Waals surface area contributed by atoms with Crippen LogP contribution in [0.2, 0.25) is 0 Å². The van der Waals surface area contributed by atoms with E-state index in [-0.39, 0.29) is 6.10 Å². The maximum Gasteiger partial charge on any atom is 0.225 e. The lowest BCUT2D eigenvalue weighted by Gasteiger charge is -2.38. The Kier molecular flexibility index (Phi) is 5.30. The van der Waals surface area contributed by atoms with E-state index in [1.165, 1.54) is 23.3 Å². The van der Waals surface area contributed by atoms with E-state index in [4.69, 9.17) is 9.47 Å². The Bertz CT molecular complexity index is 841. The van der Waals surface area contributed by atoms with E-state index >= 15 is 0 Å². The van der Waals surface area contributed by atoms with E-state index in [1.54, 1.807) is 17.7 Å². The predicted octanol–water partition coefficient (Wildman–Crippen LogP) is 3.33. The molecule has 3 heterocycles. The zero-order chi connectivity index (χ0) is 18.9. The van der Waals surface area contributed by atoms with Gasteiger partial charge in [0.05, 0.1) is 18.6 Å². The summed E-state index contributed by atoms with van der Waals surface area (Å²) < 4.78 is 11.9.